The van der Waals surface area contributed by atoms with Crippen LogP contribution >= 0.6 is 15.2 Å². The Balaban J connectivity index is 4.91. The molecule has 0 heterocycles. The Hall–Kier alpha value is 0.300. The molecular weight excluding hydrogens is 362 g/mol. The van der Waals surface area contributed by atoms with E-state index in [1.54, 1.807) is 0 Å². The SMILES string of the molecule is CCCCCOP(=O)(CP(=O)(OCCC)OCCC)OCCCCC. The minimum absolute atomic E-state index is 0.298. The van der Waals surface area contributed by atoms with Crippen LogP contribution in [0.5, 0.6) is 0 Å². The minimum atomic E-state index is -3.51. The van der Waals surface area contributed by atoms with Crippen LogP contribution in [0.3, 0.4) is 0 Å². The summed E-state index contributed by atoms with van der Waals surface area (Å²) in [5, 5.41) is 0. The van der Waals surface area contributed by atoms with Crippen molar-refractivity contribution in [1.82, 2.24) is 0 Å². The summed E-state index contributed by atoms with van der Waals surface area (Å²) < 4.78 is 48.1. The first-order valence-electron chi connectivity index (χ1n) is 9.71. The maximum absolute atomic E-state index is 13.1. The summed E-state index contributed by atoms with van der Waals surface area (Å²) >= 11 is 0. The van der Waals surface area contributed by atoms with E-state index in [2.05, 4.69) is 13.8 Å². The molecule has 0 fully saturated rings. The van der Waals surface area contributed by atoms with Crippen LogP contribution in [0, 0.1) is 0 Å². The molecule has 0 spiro atoms. The van der Waals surface area contributed by atoms with Crippen molar-refractivity contribution >= 4 is 15.2 Å². The third kappa shape index (κ3) is 13.2. The fraction of sp³-hybridized carbons (Fsp3) is 1.00. The fourth-order valence-corrected chi connectivity index (χ4v) is 6.91. The molecule has 0 bridgehead atoms. The number of unbranched alkanes of at least 4 members (excludes halogenated alkanes) is 4. The van der Waals surface area contributed by atoms with Gasteiger partial charge in [0.1, 0.15) is 0 Å². The molecule has 0 atom stereocenters. The zero-order chi connectivity index (χ0) is 19.0. The molecule has 0 aliphatic carbocycles. The zero-order valence-corrected chi connectivity index (χ0v) is 18.3. The molecule has 0 saturated heterocycles. The van der Waals surface area contributed by atoms with Crippen LogP contribution in [0.2, 0.25) is 0 Å². The van der Waals surface area contributed by atoms with Gasteiger partial charge in [-0.3, -0.25) is 9.13 Å². The molecule has 0 radical (unpaired) electrons. The van der Waals surface area contributed by atoms with Crippen molar-refractivity contribution < 1.29 is 27.2 Å². The molecule has 0 N–H and O–H groups in total. The topological polar surface area (TPSA) is 71.1 Å². The Labute approximate surface area is 154 Å². The van der Waals surface area contributed by atoms with Gasteiger partial charge in [-0.25, -0.2) is 0 Å². The van der Waals surface area contributed by atoms with Crippen LogP contribution < -0.4 is 0 Å². The maximum atomic E-state index is 13.1. The van der Waals surface area contributed by atoms with E-state index in [4.69, 9.17) is 18.1 Å². The third-order valence-electron chi connectivity index (χ3n) is 3.40. The van der Waals surface area contributed by atoms with Gasteiger partial charge in [0.15, 0.2) is 5.90 Å². The molecule has 0 aromatic heterocycles. The van der Waals surface area contributed by atoms with Crippen molar-refractivity contribution in [1.29, 1.82) is 0 Å². The summed E-state index contributed by atoms with van der Waals surface area (Å²) in [6.45, 7) is 9.29. The Morgan fingerprint density at radius 1 is 0.520 bits per heavy atom. The Morgan fingerprint density at radius 3 is 1.20 bits per heavy atom. The van der Waals surface area contributed by atoms with Gasteiger partial charge in [-0.15, -0.1) is 0 Å². The van der Waals surface area contributed by atoms with E-state index in [0.717, 1.165) is 38.5 Å². The standard InChI is InChI=1S/C17H38O6P2/c1-5-9-11-15-22-25(19,23-16-12-10-6-2)17-24(18,20-13-7-3)21-14-8-4/h5-17H2,1-4H3. The highest BCUT2D eigenvalue weighted by Gasteiger charge is 2.38. The second kappa shape index (κ2) is 15.4. The fourth-order valence-electron chi connectivity index (χ4n) is 2.02. The molecule has 8 heteroatoms. The average Bonchev–Trinajstić information content (AvgIpc) is 2.59. The Bertz CT molecular complexity index is 375. The Morgan fingerprint density at radius 2 is 0.880 bits per heavy atom. The van der Waals surface area contributed by atoms with Crippen molar-refractivity contribution in [2.45, 2.75) is 79.1 Å². The van der Waals surface area contributed by atoms with Crippen molar-refractivity contribution in [3.05, 3.63) is 0 Å². The summed E-state index contributed by atoms with van der Waals surface area (Å²) in [4.78, 5) is 0. The van der Waals surface area contributed by atoms with E-state index in [1.807, 2.05) is 13.8 Å². The van der Waals surface area contributed by atoms with Crippen molar-refractivity contribution in [3.63, 3.8) is 0 Å². The first-order valence-corrected chi connectivity index (χ1v) is 13.2. The molecular formula is C17H38O6P2. The van der Waals surface area contributed by atoms with E-state index < -0.39 is 15.2 Å². The quantitative estimate of drug-likeness (QED) is 0.191. The van der Waals surface area contributed by atoms with E-state index >= 15 is 0 Å². The van der Waals surface area contributed by atoms with Crippen molar-refractivity contribution in [3.8, 4) is 0 Å². The van der Waals surface area contributed by atoms with Gasteiger partial charge in [0.05, 0.1) is 26.4 Å². The smallest absolute Gasteiger partial charge is 0.308 e. The highest BCUT2D eigenvalue weighted by Crippen LogP contribution is 2.64. The lowest BCUT2D eigenvalue weighted by Crippen LogP contribution is -2.08. The van der Waals surface area contributed by atoms with Crippen LogP contribution in [0.25, 0.3) is 0 Å². The lowest BCUT2D eigenvalue weighted by atomic mass is 10.3. The minimum Gasteiger partial charge on any atom is -0.308 e. The van der Waals surface area contributed by atoms with E-state index in [9.17, 15) is 9.13 Å². The second-order valence-corrected chi connectivity index (χ2v) is 10.7. The summed E-state index contributed by atoms with van der Waals surface area (Å²) in [7, 11) is -7.01. The second-order valence-electron chi connectivity index (χ2n) is 6.11. The van der Waals surface area contributed by atoms with Gasteiger partial charge in [-0.2, -0.15) is 0 Å². The largest absolute Gasteiger partial charge is 0.342 e. The van der Waals surface area contributed by atoms with Gasteiger partial charge >= 0.3 is 15.2 Å². The van der Waals surface area contributed by atoms with Crippen LogP contribution in [-0.2, 0) is 27.2 Å². The highest BCUT2D eigenvalue weighted by atomic mass is 31.2. The predicted molar refractivity (Wildman–Crippen MR) is 104 cm³/mol. The van der Waals surface area contributed by atoms with Gasteiger partial charge in [0.25, 0.3) is 0 Å². The van der Waals surface area contributed by atoms with Gasteiger partial charge in [0, 0.05) is 0 Å². The number of hydrogen-bond donors (Lipinski definition) is 0. The summed E-state index contributed by atoms with van der Waals surface area (Å²) in [5.74, 6) is -0.307. The van der Waals surface area contributed by atoms with Crippen LogP contribution in [0.4, 0.5) is 0 Å². The van der Waals surface area contributed by atoms with E-state index in [1.165, 1.54) is 0 Å². The molecule has 0 aromatic rings. The van der Waals surface area contributed by atoms with Gasteiger partial charge in [-0.1, -0.05) is 53.4 Å². The normalized spacial score (nSPS) is 12.6. The lowest BCUT2D eigenvalue weighted by Gasteiger charge is -2.24. The lowest BCUT2D eigenvalue weighted by molar-refractivity contribution is 0.188. The predicted octanol–water partition coefficient (Wildman–Crippen LogP) is 6.60. The molecule has 0 aliphatic rings. The summed E-state index contributed by atoms with van der Waals surface area (Å²) in [6.07, 6.45) is 7.09. The summed E-state index contributed by atoms with van der Waals surface area (Å²) in [5.41, 5.74) is 0. The van der Waals surface area contributed by atoms with Crippen molar-refractivity contribution in [2.75, 3.05) is 32.3 Å². The average molecular weight is 400 g/mol. The molecule has 0 rings (SSSR count). The summed E-state index contributed by atoms with van der Waals surface area (Å²) in [6, 6.07) is 0. The first-order chi connectivity index (χ1) is 11.9. The highest BCUT2D eigenvalue weighted by molar-refractivity contribution is 7.71. The molecule has 0 aromatic carbocycles. The van der Waals surface area contributed by atoms with Crippen LogP contribution in [-0.4, -0.2) is 32.3 Å². The number of hydrogen-bond acceptors (Lipinski definition) is 6. The monoisotopic (exact) mass is 400 g/mol. The molecule has 0 saturated carbocycles. The van der Waals surface area contributed by atoms with Crippen LogP contribution in [0.1, 0.15) is 79.1 Å². The molecule has 0 amide bonds. The maximum Gasteiger partial charge on any atom is 0.342 e. The third-order valence-corrected chi connectivity index (χ3v) is 8.48. The van der Waals surface area contributed by atoms with Crippen LogP contribution in [0.15, 0.2) is 0 Å². The van der Waals surface area contributed by atoms with E-state index in [-0.39, 0.29) is 5.90 Å². The molecule has 6 nitrogen and oxygen atoms in total. The van der Waals surface area contributed by atoms with Gasteiger partial charge in [-0.05, 0) is 25.7 Å². The van der Waals surface area contributed by atoms with Gasteiger partial charge < -0.3 is 18.1 Å². The molecule has 25 heavy (non-hydrogen) atoms. The van der Waals surface area contributed by atoms with E-state index in [0.29, 0.717) is 39.3 Å². The molecule has 0 unspecified atom stereocenters. The first kappa shape index (κ1) is 25.3. The van der Waals surface area contributed by atoms with Crippen molar-refractivity contribution in [2.24, 2.45) is 0 Å². The number of rotatable bonds is 18. The zero-order valence-electron chi connectivity index (χ0n) is 16.5. The molecule has 152 valence electrons. The Kier molecular flexibility index (Phi) is 15.6. The van der Waals surface area contributed by atoms with Gasteiger partial charge in [0.2, 0.25) is 0 Å². The molecule has 0 aliphatic heterocycles.